The summed E-state index contributed by atoms with van der Waals surface area (Å²) in [5, 5.41) is 0. The Labute approximate surface area is 135 Å². The predicted octanol–water partition coefficient (Wildman–Crippen LogP) is 5.30. The lowest BCUT2D eigenvalue weighted by molar-refractivity contribution is -0.266. The van der Waals surface area contributed by atoms with Gasteiger partial charge in [0, 0.05) is 33.4 Å². The van der Waals surface area contributed by atoms with Gasteiger partial charge in [-0.2, -0.15) is 52.7 Å². The molecule has 0 amide bonds. The molecule has 0 aromatic rings. The summed E-state index contributed by atoms with van der Waals surface area (Å²) in [7, 11) is 0. The quantitative estimate of drug-likeness (QED) is 0.486. The van der Waals surface area contributed by atoms with E-state index < -0.39 is 69.0 Å². The Morgan fingerprint density at radius 1 is 0.423 bits per heavy atom. The minimum atomic E-state index is -6.37. The highest BCUT2D eigenvalue weighted by atomic mass is 19.3. The van der Waals surface area contributed by atoms with E-state index in [1.54, 1.807) is 0 Å². The Morgan fingerprint density at radius 2 is 0.846 bits per heavy atom. The highest BCUT2D eigenvalue weighted by Gasteiger charge is 2.86. The van der Waals surface area contributed by atoms with Crippen LogP contribution in [0.4, 0.5) is 52.7 Å². The van der Waals surface area contributed by atoms with Gasteiger partial charge >= 0.3 is 29.6 Å². The molecule has 12 heteroatoms. The molecule has 0 atom stereocenters. The first kappa shape index (κ1) is 17.5. The van der Waals surface area contributed by atoms with Crippen LogP contribution in [0.15, 0.2) is 45.6 Å². The second-order valence-corrected chi connectivity index (χ2v) is 6.11. The minimum absolute atomic E-state index is 0.0578. The van der Waals surface area contributed by atoms with Crippen molar-refractivity contribution in [3.8, 4) is 0 Å². The molecule has 0 aromatic heterocycles. The first-order valence-corrected chi connectivity index (χ1v) is 6.68. The van der Waals surface area contributed by atoms with Gasteiger partial charge in [0.15, 0.2) is 0 Å². The second kappa shape index (κ2) is 3.86. The van der Waals surface area contributed by atoms with Crippen molar-refractivity contribution in [2.24, 2.45) is 0 Å². The highest BCUT2D eigenvalue weighted by molar-refractivity contribution is 5.78. The van der Waals surface area contributed by atoms with Crippen LogP contribution in [0.3, 0.4) is 0 Å². The molecular weight excluding hydrogens is 396 g/mol. The zero-order valence-corrected chi connectivity index (χ0v) is 11.7. The number of halogens is 12. The summed E-state index contributed by atoms with van der Waals surface area (Å²) >= 11 is 0. The highest BCUT2D eigenvalue weighted by Crippen LogP contribution is 2.72. The molecule has 4 aliphatic carbocycles. The van der Waals surface area contributed by atoms with Crippen LogP contribution in [0.25, 0.3) is 0 Å². The molecular formula is C14H2F12. The first-order valence-electron chi connectivity index (χ1n) is 6.68. The summed E-state index contributed by atoms with van der Waals surface area (Å²) in [6.07, 6.45) is -0.0142. The SMILES string of the molecule is FC1(F)C2=C1C1=C(C3=C(/C=C\2)C(F)(F)C3(F)F)C(F)(F)C(F)(F)C1(F)F. The Bertz CT molecular complexity index is 893. The van der Waals surface area contributed by atoms with Crippen LogP contribution in [-0.2, 0) is 0 Å². The Balaban J connectivity index is 2.14. The molecule has 0 fully saturated rings. The molecule has 0 unspecified atom stereocenters. The Kier molecular flexibility index (Phi) is 2.60. The normalized spacial score (nSPS) is 34.3. The predicted molar refractivity (Wildman–Crippen MR) is 59.9 cm³/mol. The smallest absolute Gasteiger partial charge is 0.196 e. The minimum Gasteiger partial charge on any atom is -0.196 e. The molecule has 0 N–H and O–H groups in total. The molecule has 0 aromatic carbocycles. The monoisotopic (exact) mass is 398 g/mol. The lowest BCUT2D eigenvalue weighted by Crippen LogP contribution is -2.56. The molecule has 4 aliphatic rings. The van der Waals surface area contributed by atoms with Crippen molar-refractivity contribution in [1.29, 1.82) is 0 Å². The van der Waals surface area contributed by atoms with Crippen LogP contribution in [0, 0.1) is 0 Å². The number of hydrogen-bond acceptors (Lipinski definition) is 0. The van der Waals surface area contributed by atoms with E-state index in [1.165, 1.54) is 0 Å². The second-order valence-electron chi connectivity index (χ2n) is 6.11. The van der Waals surface area contributed by atoms with Crippen molar-refractivity contribution in [3.63, 3.8) is 0 Å². The number of fused-ring (bicyclic) bond motifs is 2. The van der Waals surface area contributed by atoms with Crippen molar-refractivity contribution in [1.82, 2.24) is 0 Å². The number of hydrogen-bond donors (Lipinski definition) is 0. The molecule has 0 heterocycles. The average molecular weight is 398 g/mol. The van der Waals surface area contributed by atoms with E-state index in [4.69, 9.17) is 0 Å². The number of allylic oxidation sites excluding steroid dienone is 8. The summed E-state index contributed by atoms with van der Waals surface area (Å²) in [6, 6.07) is 0. The van der Waals surface area contributed by atoms with Crippen LogP contribution < -0.4 is 0 Å². The van der Waals surface area contributed by atoms with Gasteiger partial charge in [-0.1, -0.05) is 12.2 Å². The van der Waals surface area contributed by atoms with Crippen LogP contribution in [0.1, 0.15) is 0 Å². The van der Waals surface area contributed by atoms with Gasteiger partial charge in [0.1, 0.15) is 0 Å². The molecule has 26 heavy (non-hydrogen) atoms. The van der Waals surface area contributed by atoms with Gasteiger partial charge < -0.3 is 0 Å². The summed E-state index contributed by atoms with van der Waals surface area (Å²) in [5.74, 6) is -33.5. The third kappa shape index (κ3) is 1.39. The molecule has 0 bridgehead atoms. The van der Waals surface area contributed by atoms with Crippen molar-refractivity contribution in [2.45, 2.75) is 35.5 Å². The largest absolute Gasteiger partial charge is 0.380 e. The van der Waals surface area contributed by atoms with E-state index >= 15 is 0 Å². The van der Waals surface area contributed by atoms with Gasteiger partial charge in [0.2, 0.25) is 0 Å². The lowest BCUT2D eigenvalue weighted by atomic mass is 9.73. The van der Waals surface area contributed by atoms with E-state index in [2.05, 4.69) is 0 Å². The lowest BCUT2D eigenvalue weighted by Gasteiger charge is -2.42. The van der Waals surface area contributed by atoms with Gasteiger partial charge in [0.25, 0.3) is 5.92 Å². The fourth-order valence-corrected chi connectivity index (χ4v) is 3.36. The molecule has 0 saturated carbocycles. The standard InChI is InChI=1S/C14H2F12/c15-9(16)3-1-2-4-6(11(19,20)10(4,17)18)8-7(5(3)9)12(21,22)14(25,26)13(8,23)24/h1-2H/b2-1-,3-1?,4-2?,7-5?,8-6?. The third-order valence-electron chi connectivity index (χ3n) is 4.76. The maximum absolute atomic E-state index is 14.0. The van der Waals surface area contributed by atoms with E-state index in [0.29, 0.717) is 0 Å². The summed E-state index contributed by atoms with van der Waals surface area (Å²) < 4.78 is 165. The molecule has 0 spiro atoms. The van der Waals surface area contributed by atoms with Crippen LogP contribution in [-0.4, -0.2) is 35.5 Å². The van der Waals surface area contributed by atoms with Gasteiger partial charge in [0.05, 0.1) is 0 Å². The van der Waals surface area contributed by atoms with Crippen LogP contribution in [0.5, 0.6) is 0 Å². The Hall–Kier alpha value is -1.88. The third-order valence-corrected chi connectivity index (χ3v) is 4.76. The number of alkyl halides is 12. The molecule has 4 rings (SSSR count). The molecule has 142 valence electrons. The van der Waals surface area contributed by atoms with Gasteiger partial charge in [-0.15, -0.1) is 0 Å². The zero-order chi connectivity index (χ0) is 19.9. The fourth-order valence-electron chi connectivity index (χ4n) is 3.36. The average Bonchev–Trinajstić information content (AvgIpc) is 2.92. The molecule has 0 radical (unpaired) electrons. The van der Waals surface area contributed by atoms with Gasteiger partial charge in [-0.3, -0.25) is 0 Å². The van der Waals surface area contributed by atoms with Crippen molar-refractivity contribution < 1.29 is 52.7 Å². The first-order chi connectivity index (χ1) is 11.5. The van der Waals surface area contributed by atoms with E-state index in [1.807, 2.05) is 0 Å². The van der Waals surface area contributed by atoms with Crippen LogP contribution >= 0.6 is 0 Å². The Morgan fingerprint density at radius 3 is 1.35 bits per heavy atom. The molecule has 0 saturated heterocycles. The summed E-state index contributed by atoms with van der Waals surface area (Å²) in [6.45, 7) is 0. The van der Waals surface area contributed by atoms with E-state index in [0.717, 1.165) is 0 Å². The topological polar surface area (TPSA) is 0 Å². The van der Waals surface area contributed by atoms with Gasteiger partial charge in [-0.25, -0.2) is 0 Å². The zero-order valence-electron chi connectivity index (χ0n) is 11.7. The summed E-state index contributed by atoms with van der Waals surface area (Å²) in [4.78, 5) is 0. The maximum atomic E-state index is 14.0. The molecule has 0 nitrogen and oxygen atoms in total. The van der Waals surface area contributed by atoms with Crippen molar-refractivity contribution in [2.75, 3.05) is 0 Å². The van der Waals surface area contributed by atoms with Crippen LogP contribution in [0.2, 0.25) is 0 Å². The van der Waals surface area contributed by atoms with Crippen molar-refractivity contribution in [3.05, 3.63) is 45.6 Å². The van der Waals surface area contributed by atoms with Crippen molar-refractivity contribution >= 4 is 0 Å². The van der Waals surface area contributed by atoms with E-state index in [9.17, 15) is 52.7 Å². The van der Waals surface area contributed by atoms with Gasteiger partial charge in [-0.05, 0) is 0 Å². The fraction of sp³-hybridized carbons (Fsp3) is 0.429. The summed E-state index contributed by atoms with van der Waals surface area (Å²) in [5.41, 5.74) is -13.5. The number of rotatable bonds is 0. The maximum Gasteiger partial charge on any atom is 0.380 e. The van der Waals surface area contributed by atoms with E-state index in [-0.39, 0.29) is 12.2 Å². The molecule has 0 aliphatic heterocycles.